The van der Waals surface area contributed by atoms with Gasteiger partial charge in [-0.15, -0.1) is 0 Å². The lowest BCUT2D eigenvalue weighted by Crippen LogP contribution is -2.13. The number of rotatable bonds is 5. The molecular formula is C18H14ClFN4O3. The number of nitrogens with zero attached hydrogens (tertiary/aromatic N) is 3. The fourth-order valence-electron chi connectivity index (χ4n) is 2.50. The molecule has 0 bridgehead atoms. The van der Waals surface area contributed by atoms with E-state index < -0.39 is 10.8 Å². The van der Waals surface area contributed by atoms with Crippen LogP contribution in [0.5, 0.6) is 0 Å². The van der Waals surface area contributed by atoms with E-state index in [1.807, 2.05) is 0 Å². The maximum atomic E-state index is 13.8. The van der Waals surface area contributed by atoms with E-state index in [0.29, 0.717) is 5.56 Å². The highest BCUT2D eigenvalue weighted by atomic mass is 35.5. The highest BCUT2D eigenvalue weighted by Gasteiger charge is 2.17. The second-order valence-electron chi connectivity index (χ2n) is 5.80. The van der Waals surface area contributed by atoms with E-state index >= 15 is 0 Å². The summed E-state index contributed by atoms with van der Waals surface area (Å²) in [4.78, 5) is 22.6. The SMILES string of the molecule is Cc1cc(NC(=O)c2ccc(Cl)c([N+](=O)[O-])c2)nn1Cc1ccccc1F. The third-order valence-electron chi connectivity index (χ3n) is 3.91. The fraction of sp³-hybridized carbons (Fsp3) is 0.111. The van der Waals surface area contributed by atoms with Crippen LogP contribution in [0.1, 0.15) is 21.6 Å². The van der Waals surface area contributed by atoms with Gasteiger partial charge in [0.25, 0.3) is 11.6 Å². The molecule has 0 saturated carbocycles. The highest BCUT2D eigenvalue weighted by molar-refractivity contribution is 6.32. The molecule has 1 aromatic heterocycles. The number of nitrogens with one attached hydrogen (secondary N) is 1. The van der Waals surface area contributed by atoms with Crippen molar-refractivity contribution in [2.75, 3.05) is 5.32 Å². The molecule has 7 nitrogen and oxygen atoms in total. The van der Waals surface area contributed by atoms with Gasteiger partial charge in [-0.05, 0) is 25.1 Å². The predicted octanol–water partition coefficient (Wildman–Crippen LogP) is 4.19. The highest BCUT2D eigenvalue weighted by Crippen LogP contribution is 2.25. The molecule has 9 heteroatoms. The lowest BCUT2D eigenvalue weighted by atomic mass is 10.2. The lowest BCUT2D eigenvalue weighted by molar-refractivity contribution is -0.384. The second-order valence-corrected chi connectivity index (χ2v) is 6.20. The molecule has 0 unspecified atom stereocenters. The summed E-state index contributed by atoms with van der Waals surface area (Å²) in [7, 11) is 0. The number of halogens is 2. The number of anilines is 1. The minimum Gasteiger partial charge on any atom is -0.305 e. The molecule has 3 rings (SSSR count). The number of hydrogen-bond donors (Lipinski definition) is 1. The molecule has 0 aliphatic heterocycles. The van der Waals surface area contributed by atoms with Gasteiger partial charge in [-0.25, -0.2) is 4.39 Å². The van der Waals surface area contributed by atoms with Gasteiger partial charge in [0, 0.05) is 29.0 Å². The Morgan fingerprint density at radius 3 is 2.74 bits per heavy atom. The largest absolute Gasteiger partial charge is 0.305 e. The Bertz CT molecular complexity index is 1040. The summed E-state index contributed by atoms with van der Waals surface area (Å²) in [6, 6.07) is 11.7. The van der Waals surface area contributed by atoms with Crippen LogP contribution in [0.2, 0.25) is 5.02 Å². The summed E-state index contributed by atoms with van der Waals surface area (Å²) >= 11 is 5.75. The minimum atomic E-state index is -0.660. The average molecular weight is 389 g/mol. The molecule has 1 amide bonds. The molecule has 0 spiro atoms. The monoisotopic (exact) mass is 388 g/mol. The Kier molecular flexibility index (Phi) is 5.18. The number of carbonyl (C=O) groups is 1. The zero-order chi connectivity index (χ0) is 19.6. The van der Waals surface area contributed by atoms with Crippen LogP contribution in [0.3, 0.4) is 0 Å². The summed E-state index contributed by atoms with van der Waals surface area (Å²) in [6.07, 6.45) is 0. The Labute approximate surface area is 158 Å². The van der Waals surface area contributed by atoms with Crippen LogP contribution in [0.15, 0.2) is 48.5 Å². The molecule has 27 heavy (non-hydrogen) atoms. The van der Waals surface area contributed by atoms with E-state index in [9.17, 15) is 19.3 Å². The van der Waals surface area contributed by atoms with Gasteiger partial charge in [-0.2, -0.15) is 5.10 Å². The molecule has 0 atom stereocenters. The number of hydrogen-bond acceptors (Lipinski definition) is 4. The molecule has 0 fully saturated rings. The first kappa shape index (κ1) is 18.5. The van der Waals surface area contributed by atoms with Crippen molar-refractivity contribution in [3.63, 3.8) is 0 Å². The van der Waals surface area contributed by atoms with Crippen LogP contribution in [-0.2, 0) is 6.54 Å². The van der Waals surface area contributed by atoms with Gasteiger partial charge in [0.1, 0.15) is 10.8 Å². The quantitative estimate of drug-likeness (QED) is 0.524. The van der Waals surface area contributed by atoms with E-state index in [2.05, 4.69) is 10.4 Å². The molecule has 0 aliphatic rings. The molecule has 1 N–H and O–H groups in total. The number of aromatic nitrogens is 2. The molecule has 3 aromatic rings. The Morgan fingerprint density at radius 2 is 2.04 bits per heavy atom. The van der Waals surface area contributed by atoms with Crippen molar-refractivity contribution >= 4 is 29.0 Å². The van der Waals surface area contributed by atoms with Gasteiger partial charge in [0.15, 0.2) is 5.82 Å². The smallest absolute Gasteiger partial charge is 0.288 e. The Balaban J connectivity index is 1.79. The summed E-state index contributed by atoms with van der Waals surface area (Å²) < 4.78 is 15.4. The first-order valence-electron chi connectivity index (χ1n) is 7.88. The van der Waals surface area contributed by atoms with E-state index in [1.54, 1.807) is 35.9 Å². The van der Waals surface area contributed by atoms with Crippen LogP contribution in [0.25, 0.3) is 0 Å². The standard InChI is InChI=1S/C18H14ClFN4O3/c1-11-8-17(22-23(11)10-13-4-2-3-5-15(13)20)21-18(25)12-6-7-14(19)16(9-12)24(26)27/h2-9H,10H2,1H3,(H,21,22,25). The minimum absolute atomic E-state index is 0.0541. The Morgan fingerprint density at radius 1 is 1.30 bits per heavy atom. The Hall–Kier alpha value is -3.26. The van der Waals surface area contributed by atoms with Crippen molar-refractivity contribution in [1.29, 1.82) is 0 Å². The van der Waals surface area contributed by atoms with Crippen molar-refractivity contribution in [3.05, 3.63) is 86.3 Å². The number of aryl methyl sites for hydroxylation is 1. The second kappa shape index (κ2) is 7.55. The van der Waals surface area contributed by atoms with Gasteiger partial charge < -0.3 is 5.32 Å². The molecule has 0 radical (unpaired) electrons. The number of amides is 1. The van der Waals surface area contributed by atoms with Crippen molar-refractivity contribution in [1.82, 2.24) is 9.78 Å². The maximum absolute atomic E-state index is 13.8. The predicted molar refractivity (Wildman–Crippen MR) is 98.5 cm³/mol. The van der Waals surface area contributed by atoms with Gasteiger partial charge in [0.2, 0.25) is 0 Å². The maximum Gasteiger partial charge on any atom is 0.288 e. The first-order chi connectivity index (χ1) is 12.8. The van der Waals surface area contributed by atoms with E-state index in [0.717, 1.165) is 11.8 Å². The summed E-state index contributed by atoms with van der Waals surface area (Å²) in [5, 5.41) is 17.7. The first-order valence-corrected chi connectivity index (χ1v) is 8.26. The lowest BCUT2D eigenvalue weighted by Gasteiger charge is -2.06. The molecule has 1 heterocycles. The third-order valence-corrected chi connectivity index (χ3v) is 4.23. The number of nitro benzene ring substituents is 1. The zero-order valence-corrected chi connectivity index (χ0v) is 14.9. The average Bonchev–Trinajstić information content (AvgIpc) is 2.96. The number of nitro groups is 1. The van der Waals surface area contributed by atoms with Crippen molar-refractivity contribution in [3.8, 4) is 0 Å². The number of benzene rings is 2. The summed E-state index contributed by atoms with van der Waals surface area (Å²) in [5.41, 5.74) is 0.906. The molecule has 138 valence electrons. The van der Waals surface area contributed by atoms with Gasteiger partial charge in [-0.3, -0.25) is 19.6 Å². The van der Waals surface area contributed by atoms with Crippen molar-refractivity contribution < 1.29 is 14.1 Å². The van der Waals surface area contributed by atoms with E-state index in [-0.39, 0.29) is 34.5 Å². The van der Waals surface area contributed by atoms with Gasteiger partial charge in [0.05, 0.1) is 11.5 Å². The number of carbonyl (C=O) groups excluding carboxylic acids is 1. The van der Waals surface area contributed by atoms with Crippen molar-refractivity contribution in [2.45, 2.75) is 13.5 Å². The molecule has 0 saturated heterocycles. The van der Waals surface area contributed by atoms with Crippen LogP contribution in [0, 0.1) is 22.9 Å². The molecule has 0 aliphatic carbocycles. The third kappa shape index (κ3) is 4.12. The topological polar surface area (TPSA) is 90.1 Å². The summed E-state index contributed by atoms with van der Waals surface area (Å²) in [5.74, 6) is -0.650. The van der Waals surface area contributed by atoms with Crippen LogP contribution in [-0.4, -0.2) is 20.6 Å². The van der Waals surface area contributed by atoms with Gasteiger partial charge in [-0.1, -0.05) is 29.8 Å². The normalized spacial score (nSPS) is 10.6. The van der Waals surface area contributed by atoms with Crippen LogP contribution < -0.4 is 5.32 Å². The summed E-state index contributed by atoms with van der Waals surface area (Å²) in [6.45, 7) is 1.98. The van der Waals surface area contributed by atoms with Crippen molar-refractivity contribution in [2.24, 2.45) is 0 Å². The molecule has 2 aromatic carbocycles. The van der Waals surface area contributed by atoms with E-state index in [1.165, 1.54) is 18.2 Å². The van der Waals surface area contributed by atoms with Crippen LogP contribution >= 0.6 is 11.6 Å². The fourth-order valence-corrected chi connectivity index (χ4v) is 2.69. The van der Waals surface area contributed by atoms with E-state index in [4.69, 9.17) is 11.6 Å². The van der Waals surface area contributed by atoms with Crippen LogP contribution in [0.4, 0.5) is 15.9 Å². The van der Waals surface area contributed by atoms with Gasteiger partial charge >= 0.3 is 0 Å². The zero-order valence-electron chi connectivity index (χ0n) is 14.1. The molecular weight excluding hydrogens is 375 g/mol.